The molecule has 156 valence electrons. The third kappa shape index (κ3) is 2.40. The van der Waals surface area contributed by atoms with E-state index in [-0.39, 0.29) is 12.0 Å². The van der Waals surface area contributed by atoms with Crippen molar-refractivity contribution in [2.75, 3.05) is 0 Å². The minimum Gasteiger partial charge on any atom is -0.390 e. The Kier molecular flexibility index (Phi) is 4.31. The molecule has 0 amide bonds. The van der Waals surface area contributed by atoms with Gasteiger partial charge >= 0.3 is 0 Å². The summed E-state index contributed by atoms with van der Waals surface area (Å²) in [6, 6.07) is 1.78. The van der Waals surface area contributed by atoms with Crippen LogP contribution in [0.3, 0.4) is 0 Å². The summed E-state index contributed by atoms with van der Waals surface area (Å²) in [5, 5.41) is 25.2. The highest BCUT2D eigenvalue weighted by Crippen LogP contribution is 2.70. The summed E-state index contributed by atoms with van der Waals surface area (Å²) in [5.74, 6) is 4.50. The van der Waals surface area contributed by atoms with Crippen molar-refractivity contribution < 1.29 is 14.7 Å². The van der Waals surface area contributed by atoms with Gasteiger partial charge in [0.2, 0.25) is 0 Å². The number of fused-ring (bicyclic) bond motifs is 5. The van der Waals surface area contributed by atoms with E-state index >= 15 is 0 Å². The predicted octanol–water partition coefficient (Wildman–Crippen LogP) is 5.03. The van der Waals surface area contributed by atoms with E-state index in [0.29, 0.717) is 22.8 Å². The molecule has 4 aliphatic rings. The van der Waals surface area contributed by atoms with E-state index in [9.17, 15) is 10.2 Å². The molecule has 28 heavy (non-hydrogen) atoms. The van der Waals surface area contributed by atoms with Gasteiger partial charge in [-0.1, -0.05) is 32.3 Å². The Bertz CT molecular complexity index is 746. The van der Waals surface area contributed by atoms with Gasteiger partial charge in [0.15, 0.2) is 5.76 Å². The van der Waals surface area contributed by atoms with Crippen LogP contribution in [-0.2, 0) is 12.2 Å². The van der Waals surface area contributed by atoms with Gasteiger partial charge in [0, 0.05) is 11.5 Å². The van der Waals surface area contributed by atoms with E-state index in [0.717, 1.165) is 42.9 Å². The fraction of sp³-hybridized carbons (Fsp3) is 0.875. The zero-order valence-corrected chi connectivity index (χ0v) is 17.8. The minimum absolute atomic E-state index is 0.136. The standard InChI is InChI=1S/C24H37NO3/c1-15-6-9-22(2)16(12-15)4-5-18-19(22)7-10-23(3)20(18)8-11-24(23,27)21-13-17(14-26)25-28-21/h13,15-16,18-20,26-27H,4-12,14H2,1-3H3/t15?,16?,18-,19-,20+,22+,23+,24?/m1/s1. The normalized spacial score (nSPS) is 50.7. The van der Waals surface area contributed by atoms with Crippen molar-refractivity contribution >= 4 is 0 Å². The second-order valence-corrected chi connectivity index (χ2v) is 11.2. The van der Waals surface area contributed by atoms with E-state index in [1.807, 2.05) is 0 Å². The molecular weight excluding hydrogens is 350 g/mol. The lowest BCUT2D eigenvalue weighted by Crippen LogP contribution is -2.55. The molecule has 4 saturated carbocycles. The maximum Gasteiger partial charge on any atom is 0.169 e. The Morgan fingerprint density at radius 3 is 2.61 bits per heavy atom. The molecule has 1 aromatic heterocycles. The first-order valence-electron chi connectivity index (χ1n) is 11.6. The van der Waals surface area contributed by atoms with E-state index < -0.39 is 5.60 Å². The minimum atomic E-state index is -0.943. The van der Waals surface area contributed by atoms with Crippen LogP contribution >= 0.6 is 0 Å². The molecule has 0 bridgehead atoms. The molecular formula is C24H37NO3. The van der Waals surface area contributed by atoms with Gasteiger partial charge in [-0.15, -0.1) is 0 Å². The summed E-state index contributed by atoms with van der Waals surface area (Å²) in [5.41, 5.74) is -0.0604. The summed E-state index contributed by atoms with van der Waals surface area (Å²) in [6.07, 6.45) is 11.1. The third-order valence-corrected chi connectivity index (χ3v) is 10.2. The molecule has 4 nitrogen and oxygen atoms in total. The SMILES string of the molecule is CC1CC[C@@]2(C)C(CC[C@@H]3[C@H]2CC[C@@]2(C)[C@H]3CCC2(O)c2cc(CO)no2)C1. The highest BCUT2D eigenvalue weighted by molar-refractivity contribution is 5.23. The molecule has 0 saturated heterocycles. The lowest BCUT2D eigenvalue weighted by atomic mass is 9.44. The fourth-order valence-corrected chi connectivity index (χ4v) is 8.47. The molecule has 4 fully saturated rings. The van der Waals surface area contributed by atoms with Gasteiger partial charge in [-0.2, -0.15) is 0 Å². The highest BCUT2D eigenvalue weighted by atomic mass is 16.5. The second-order valence-electron chi connectivity index (χ2n) is 11.2. The molecule has 0 aliphatic heterocycles. The Hall–Kier alpha value is -0.870. The Labute approximate surface area is 169 Å². The maximum atomic E-state index is 11.8. The molecule has 5 rings (SSSR count). The molecule has 2 N–H and O–H groups in total. The van der Waals surface area contributed by atoms with Crippen molar-refractivity contribution in [1.29, 1.82) is 0 Å². The van der Waals surface area contributed by atoms with E-state index in [2.05, 4.69) is 25.9 Å². The summed E-state index contributed by atoms with van der Waals surface area (Å²) in [4.78, 5) is 0. The van der Waals surface area contributed by atoms with Crippen molar-refractivity contribution in [3.8, 4) is 0 Å². The number of aliphatic hydroxyl groups is 2. The molecule has 1 heterocycles. The van der Waals surface area contributed by atoms with Crippen molar-refractivity contribution in [3.05, 3.63) is 17.5 Å². The van der Waals surface area contributed by atoms with Crippen LogP contribution in [-0.4, -0.2) is 15.4 Å². The van der Waals surface area contributed by atoms with E-state index in [1.54, 1.807) is 6.07 Å². The lowest BCUT2D eigenvalue weighted by molar-refractivity contribution is -0.164. The quantitative estimate of drug-likeness (QED) is 0.746. The van der Waals surface area contributed by atoms with Gasteiger partial charge in [0.1, 0.15) is 11.3 Å². The van der Waals surface area contributed by atoms with Crippen LogP contribution in [0.15, 0.2) is 10.6 Å². The van der Waals surface area contributed by atoms with Gasteiger partial charge < -0.3 is 14.7 Å². The van der Waals surface area contributed by atoms with Crippen LogP contribution in [0, 0.1) is 40.4 Å². The van der Waals surface area contributed by atoms with Gasteiger partial charge in [0.25, 0.3) is 0 Å². The lowest BCUT2D eigenvalue weighted by Gasteiger charge is -2.61. The fourth-order valence-electron chi connectivity index (χ4n) is 8.47. The van der Waals surface area contributed by atoms with Crippen LogP contribution in [0.1, 0.15) is 90.0 Å². The smallest absolute Gasteiger partial charge is 0.169 e. The molecule has 1 aromatic rings. The molecule has 0 aromatic carbocycles. The van der Waals surface area contributed by atoms with Crippen molar-refractivity contribution in [3.63, 3.8) is 0 Å². The zero-order valence-electron chi connectivity index (χ0n) is 17.8. The summed E-state index contributed by atoms with van der Waals surface area (Å²) < 4.78 is 5.55. The summed E-state index contributed by atoms with van der Waals surface area (Å²) in [6.45, 7) is 7.22. The second kappa shape index (κ2) is 6.31. The van der Waals surface area contributed by atoms with Gasteiger partial charge in [0.05, 0.1) is 6.61 Å². The van der Waals surface area contributed by atoms with Gasteiger partial charge in [-0.25, -0.2) is 0 Å². The largest absolute Gasteiger partial charge is 0.390 e. The molecule has 0 radical (unpaired) electrons. The van der Waals surface area contributed by atoms with Crippen molar-refractivity contribution in [2.24, 2.45) is 40.4 Å². The third-order valence-electron chi connectivity index (χ3n) is 10.2. The number of aromatic nitrogens is 1. The Morgan fingerprint density at radius 1 is 1.07 bits per heavy atom. The first-order chi connectivity index (χ1) is 13.3. The molecule has 3 unspecified atom stereocenters. The van der Waals surface area contributed by atoms with E-state index in [1.165, 1.54) is 38.5 Å². The highest BCUT2D eigenvalue weighted by Gasteiger charge is 2.66. The van der Waals surface area contributed by atoms with Crippen LogP contribution in [0.4, 0.5) is 0 Å². The zero-order chi connectivity index (χ0) is 19.7. The number of hydrogen-bond acceptors (Lipinski definition) is 4. The van der Waals surface area contributed by atoms with Crippen LogP contribution in [0.5, 0.6) is 0 Å². The maximum absolute atomic E-state index is 11.8. The predicted molar refractivity (Wildman–Crippen MR) is 107 cm³/mol. The summed E-state index contributed by atoms with van der Waals surface area (Å²) in [7, 11) is 0. The van der Waals surface area contributed by atoms with Gasteiger partial charge in [-0.3, -0.25) is 0 Å². The first kappa shape index (κ1) is 19.1. The van der Waals surface area contributed by atoms with Crippen molar-refractivity contribution in [1.82, 2.24) is 5.16 Å². The molecule has 4 aliphatic carbocycles. The average Bonchev–Trinajstić information content (AvgIpc) is 3.26. The average molecular weight is 388 g/mol. The number of rotatable bonds is 2. The molecule has 0 spiro atoms. The molecule has 4 heteroatoms. The van der Waals surface area contributed by atoms with Gasteiger partial charge in [-0.05, 0) is 86.4 Å². The van der Waals surface area contributed by atoms with Crippen LogP contribution < -0.4 is 0 Å². The molecule has 8 atom stereocenters. The van der Waals surface area contributed by atoms with Crippen molar-refractivity contribution in [2.45, 2.75) is 90.8 Å². The monoisotopic (exact) mass is 387 g/mol. The number of aliphatic hydroxyl groups excluding tert-OH is 1. The Morgan fingerprint density at radius 2 is 1.86 bits per heavy atom. The van der Waals surface area contributed by atoms with Crippen LogP contribution in [0.25, 0.3) is 0 Å². The number of nitrogens with zero attached hydrogens (tertiary/aromatic N) is 1. The number of hydrogen-bond donors (Lipinski definition) is 2. The van der Waals surface area contributed by atoms with Crippen LogP contribution in [0.2, 0.25) is 0 Å². The summed E-state index contributed by atoms with van der Waals surface area (Å²) >= 11 is 0. The topological polar surface area (TPSA) is 66.5 Å². The Balaban J connectivity index is 1.45. The first-order valence-corrected chi connectivity index (χ1v) is 11.6. The van der Waals surface area contributed by atoms with E-state index in [4.69, 9.17) is 4.52 Å².